The second-order valence-electron chi connectivity index (χ2n) is 6.31. The summed E-state index contributed by atoms with van der Waals surface area (Å²) in [5.41, 5.74) is 1.73. The molecule has 4 rings (SSSR count). The van der Waals surface area contributed by atoms with Gasteiger partial charge in [-0.2, -0.15) is 0 Å². The highest BCUT2D eigenvalue weighted by Crippen LogP contribution is 2.35. The van der Waals surface area contributed by atoms with Crippen LogP contribution in [-0.2, 0) is 0 Å². The SMILES string of the molecule is Cc1nc(N2CCCC(CO)C2)c2c(n1)[nH]c1ccc(O)cc12. The number of nitrogens with zero attached hydrogens (tertiary/aromatic N) is 3. The molecule has 3 aromatic rings. The van der Waals surface area contributed by atoms with Crippen LogP contribution in [0.15, 0.2) is 18.2 Å². The highest BCUT2D eigenvalue weighted by molar-refractivity contribution is 6.11. The van der Waals surface area contributed by atoms with Crippen molar-refractivity contribution in [2.75, 3.05) is 24.6 Å². The maximum atomic E-state index is 9.84. The van der Waals surface area contributed by atoms with Crippen molar-refractivity contribution in [3.8, 4) is 5.75 Å². The average molecular weight is 312 g/mol. The first-order chi connectivity index (χ1) is 11.2. The Balaban J connectivity index is 1.93. The maximum absolute atomic E-state index is 9.84. The van der Waals surface area contributed by atoms with E-state index in [2.05, 4.69) is 19.9 Å². The van der Waals surface area contributed by atoms with E-state index in [1.165, 1.54) is 0 Å². The molecule has 0 aliphatic carbocycles. The minimum absolute atomic E-state index is 0.207. The number of aliphatic hydroxyl groups is 1. The van der Waals surface area contributed by atoms with Crippen molar-refractivity contribution in [3.63, 3.8) is 0 Å². The third kappa shape index (κ3) is 2.39. The molecule has 1 saturated heterocycles. The van der Waals surface area contributed by atoms with Gasteiger partial charge in [0.15, 0.2) is 0 Å². The molecular weight excluding hydrogens is 292 g/mol. The second-order valence-corrected chi connectivity index (χ2v) is 6.31. The Morgan fingerprint density at radius 1 is 1.35 bits per heavy atom. The van der Waals surface area contributed by atoms with Crippen LogP contribution in [0.25, 0.3) is 21.9 Å². The van der Waals surface area contributed by atoms with Gasteiger partial charge >= 0.3 is 0 Å². The van der Waals surface area contributed by atoms with Gasteiger partial charge in [-0.1, -0.05) is 0 Å². The van der Waals surface area contributed by atoms with Crippen molar-refractivity contribution in [1.82, 2.24) is 15.0 Å². The molecule has 0 saturated carbocycles. The maximum Gasteiger partial charge on any atom is 0.144 e. The van der Waals surface area contributed by atoms with E-state index in [4.69, 9.17) is 0 Å². The summed E-state index contributed by atoms with van der Waals surface area (Å²) in [7, 11) is 0. The molecule has 0 radical (unpaired) electrons. The van der Waals surface area contributed by atoms with Crippen LogP contribution in [0.1, 0.15) is 18.7 Å². The monoisotopic (exact) mass is 312 g/mol. The van der Waals surface area contributed by atoms with E-state index >= 15 is 0 Å². The number of aromatic hydroxyl groups is 1. The van der Waals surface area contributed by atoms with Crippen LogP contribution in [0.5, 0.6) is 5.75 Å². The van der Waals surface area contributed by atoms with Gasteiger partial charge in [0.2, 0.25) is 0 Å². The summed E-state index contributed by atoms with van der Waals surface area (Å²) in [6.07, 6.45) is 2.10. The molecule has 3 heterocycles. The van der Waals surface area contributed by atoms with E-state index in [9.17, 15) is 10.2 Å². The highest BCUT2D eigenvalue weighted by Gasteiger charge is 2.24. The van der Waals surface area contributed by atoms with E-state index in [1.54, 1.807) is 12.1 Å². The summed E-state index contributed by atoms with van der Waals surface area (Å²) in [5.74, 6) is 2.13. The Bertz CT molecular complexity index is 874. The summed E-state index contributed by atoms with van der Waals surface area (Å²) >= 11 is 0. The number of phenols is 1. The zero-order valence-electron chi connectivity index (χ0n) is 13.1. The van der Waals surface area contributed by atoms with Gasteiger partial charge in [0.05, 0.1) is 5.39 Å². The standard InChI is InChI=1S/C17H20N4O2/c1-10-18-16-15(13-7-12(23)4-5-14(13)20-16)17(19-10)21-6-2-3-11(8-21)9-22/h4-5,7,11,22-23H,2-3,6,8-9H2,1H3,(H,18,19,20). The van der Waals surface area contributed by atoms with Crippen molar-refractivity contribution in [1.29, 1.82) is 0 Å². The first kappa shape index (κ1) is 14.3. The van der Waals surface area contributed by atoms with Crippen LogP contribution < -0.4 is 4.90 Å². The van der Waals surface area contributed by atoms with Crippen LogP contribution in [0.3, 0.4) is 0 Å². The van der Waals surface area contributed by atoms with Gasteiger partial charge in [-0.05, 0) is 43.9 Å². The van der Waals surface area contributed by atoms with E-state index in [1.807, 2.05) is 13.0 Å². The van der Waals surface area contributed by atoms with Crippen LogP contribution in [0.4, 0.5) is 5.82 Å². The lowest BCUT2D eigenvalue weighted by molar-refractivity contribution is 0.208. The quantitative estimate of drug-likeness (QED) is 0.676. The molecule has 6 nitrogen and oxygen atoms in total. The number of hydrogen-bond acceptors (Lipinski definition) is 5. The van der Waals surface area contributed by atoms with Crippen molar-refractivity contribution in [3.05, 3.63) is 24.0 Å². The summed E-state index contributed by atoms with van der Waals surface area (Å²) in [6, 6.07) is 5.28. The number of aromatic nitrogens is 3. The molecule has 23 heavy (non-hydrogen) atoms. The van der Waals surface area contributed by atoms with Crippen LogP contribution in [0.2, 0.25) is 0 Å². The fourth-order valence-electron chi connectivity index (χ4n) is 3.51. The van der Waals surface area contributed by atoms with Gasteiger partial charge in [0.1, 0.15) is 23.0 Å². The Hall–Kier alpha value is -2.34. The largest absolute Gasteiger partial charge is 0.508 e. The Morgan fingerprint density at radius 2 is 2.22 bits per heavy atom. The zero-order chi connectivity index (χ0) is 16.0. The molecule has 1 unspecified atom stereocenters. The number of hydrogen-bond donors (Lipinski definition) is 3. The van der Waals surface area contributed by atoms with E-state index in [-0.39, 0.29) is 18.3 Å². The number of rotatable bonds is 2. The molecule has 1 aliphatic heterocycles. The molecule has 1 atom stereocenters. The van der Waals surface area contributed by atoms with E-state index in [0.29, 0.717) is 0 Å². The molecule has 120 valence electrons. The summed E-state index contributed by atoms with van der Waals surface area (Å²) in [5, 5.41) is 21.2. The molecule has 0 amide bonds. The smallest absolute Gasteiger partial charge is 0.144 e. The number of fused-ring (bicyclic) bond motifs is 3. The highest BCUT2D eigenvalue weighted by atomic mass is 16.3. The lowest BCUT2D eigenvalue weighted by Gasteiger charge is -2.33. The van der Waals surface area contributed by atoms with Gasteiger partial charge < -0.3 is 20.1 Å². The predicted octanol–water partition coefficient (Wildman–Crippen LogP) is 2.33. The molecule has 1 aliphatic rings. The molecule has 2 aromatic heterocycles. The normalized spacial score (nSPS) is 18.9. The Kier molecular flexibility index (Phi) is 3.34. The van der Waals surface area contributed by atoms with Crippen molar-refractivity contribution in [2.24, 2.45) is 5.92 Å². The van der Waals surface area contributed by atoms with Crippen molar-refractivity contribution < 1.29 is 10.2 Å². The zero-order valence-corrected chi connectivity index (χ0v) is 13.1. The number of anilines is 1. The summed E-state index contributed by atoms with van der Waals surface area (Å²) in [6.45, 7) is 3.82. The molecular formula is C17H20N4O2. The predicted molar refractivity (Wildman–Crippen MR) is 89.8 cm³/mol. The van der Waals surface area contributed by atoms with Crippen molar-refractivity contribution >= 4 is 27.8 Å². The molecule has 6 heteroatoms. The van der Waals surface area contributed by atoms with Gasteiger partial charge in [-0.15, -0.1) is 0 Å². The summed E-state index contributed by atoms with van der Waals surface area (Å²) < 4.78 is 0. The number of H-pyrrole nitrogens is 1. The van der Waals surface area contributed by atoms with Gasteiger partial charge in [-0.25, -0.2) is 9.97 Å². The Labute approximate surface area is 133 Å². The number of nitrogens with one attached hydrogen (secondary N) is 1. The lowest BCUT2D eigenvalue weighted by Crippen LogP contribution is -2.37. The number of aromatic amines is 1. The summed E-state index contributed by atoms with van der Waals surface area (Å²) in [4.78, 5) is 14.7. The Morgan fingerprint density at radius 3 is 3.04 bits per heavy atom. The molecule has 0 spiro atoms. The van der Waals surface area contributed by atoms with E-state index in [0.717, 1.165) is 59.5 Å². The van der Waals surface area contributed by atoms with Crippen LogP contribution >= 0.6 is 0 Å². The third-order valence-corrected chi connectivity index (χ3v) is 4.60. The molecule has 1 aromatic carbocycles. The lowest BCUT2D eigenvalue weighted by atomic mass is 9.99. The van der Waals surface area contributed by atoms with Crippen LogP contribution in [0, 0.1) is 12.8 Å². The second kappa shape index (κ2) is 5.38. The minimum Gasteiger partial charge on any atom is -0.508 e. The fourth-order valence-corrected chi connectivity index (χ4v) is 3.51. The first-order valence-electron chi connectivity index (χ1n) is 8.00. The van der Waals surface area contributed by atoms with E-state index < -0.39 is 0 Å². The number of phenolic OH excluding ortho intramolecular Hbond substituents is 1. The van der Waals surface area contributed by atoms with Gasteiger partial charge in [0, 0.05) is 30.6 Å². The fraction of sp³-hybridized carbons (Fsp3) is 0.412. The molecule has 3 N–H and O–H groups in total. The first-order valence-corrected chi connectivity index (χ1v) is 8.00. The number of aliphatic hydroxyl groups excluding tert-OH is 1. The van der Waals surface area contributed by atoms with Gasteiger partial charge in [0.25, 0.3) is 0 Å². The molecule has 1 fully saturated rings. The number of aryl methyl sites for hydroxylation is 1. The van der Waals surface area contributed by atoms with Crippen molar-refractivity contribution in [2.45, 2.75) is 19.8 Å². The topological polar surface area (TPSA) is 85.3 Å². The van der Waals surface area contributed by atoms with Gasteiger partial charge in [-0.3, -0.25) is 0 Å². The van der Waals surface area contributed by atoms with Crippen LogP contribution in [-0.4, -0.2) is 44.9 Å². The minimum atomic E-state index is 0.207. The average Bonchev–Trinajstić information content (AvgIpc) is 2.91. The number of piperidine rings is 1. The third-order valence-electron chi connectivity index (χ3n) is 4.60. The molecule has 0 bridgehead atoms. The number of benzene rings is 1.